The largest absolute Gasteiger partial charge is 0.366 e. The predicted molar refractivity (Wildman–Crippen MR) is 78.6 cm³/mol. The molecular weight excluding hydrogens is 248 g/mol. The number of aliphatic imine (C=N–C) groups is 1. The van der Waals surface area contributed by atoms with Gasteiger partial charge in [0.25, 0.3) is 0 Å². The Morgan fingerprint density at radius 3 is 2.60 bits per heavy atom. The number of fused-ring (bicyclic) bond motifs is 3. The van der Waals surface area contributed by atoms with Crippen LogP contribution in [0, 0.1) is 0 Å². The van der Waals surface area contributed by atoms with E-state index >= 15 is 0 Å². The average molecular weight is 264 g/mol. The summed E-state index contributed by atoms with van der Waals surface area (Å²) < 4.78 is 0. The summed E-state index contributed by atoms with van der Waals surface area (Å²) in [6.07, 6.45) is 0.603. The van der Waals surface area contributed by atoms with Gasteiger partial charge in [0.15, 0.2) is 5.72 Å². The lowest BCUT2D eigenvalue weighted by Gasteiger charge is -2.43. The topological polar surface area (TPSA) is 35.8 Å². The van der Waals surface area contributed by atoms with Gasteiger partial charge in [0.2, 0.25) is 0 Å². The molecule has 2 heterocycles. The fraction of sp³-hybridized carbons (Fsp3) is 0.235. The summed E-state index contributed by atoms with van der Waals surface area (Å²) in [6.45, 7) is 1.52. The maximum Gasteiger partial charge on any atom is 0.169 e. The lowest BCUT2D eigenvalue weighted by molar-refractivity contribution is -0.0745. The van der Waals surface area contributed by atoms with Crippen LogP contribution in [0.25, 0.3) is 0 Å². The van der Waals surface area contributed by atoms with E-state index in [1.165, 1.54) is 0 Å². The van der Waals surface area contributed by atoms with Crippen LogP contribution in [0.1, 0.15) is 16.7 Å². The minimum atomic E-state index is -0.981. The van der Waals surface area contributed by atoms with E-state index in [0.717, 1.165) is 35.6 Å². The van der Waals surface area contributed by atoms with Crippen molar-refractivity contribution in [3.63, 3.8) is 0 Å². The second-order valence-electron chi connectivity index (χ2n) is 5.37. The molecule has 2 aromatic carbocycles. The van der Waals surface area contributed by atoms with Crippen LogP contribution in [0.15, 0.2) is 59.6 Å². The zero-order chi connectivity index (χ0) is 13.6. The Kier molecular flexibility index (Phi) is 2.44. The number of amidine groups is 1. The summed E-state index contributed by atoms with van der Waals surface area (Å²) in [5, 5.41) is 11.3. The first-order valence-corrected chi connectivity index (χ1v) is 6.97. The van der Waals surface area contributed by atoms with E-state index in [0.29, 0.717) is 6.42 Å². The Hall–Kier alpha value is -2.13. The van der Waals surface area contributed by atoms with Crippen molar-refractivity contribution in [1.82, 2.24) is 4.90 Å². The molecule has 20 heavy (non-hydrogen) atoms. The molecule has 0 radical (unpaired) electrons. The molecule has 0 spiro atoms. The van der Waals surface area contributed by atoms with E-state index < -0.39 is 5.72 Å². The second-order valence-corrected chi connectivity index (χ2v) is 5.37. The van der Waals surface area contributed by atoms with Crippen LogP contribution in [0.3, 0.4) is 0 Å². The maximum absolute atomic E-state index is 11.3. The molecule has 0 aromatic heterocycles. The predicted octanol–water partition coefficient (Wildman–Crippen LogP) is 2.15. The number of aliphatic hydroxyl groups is 1. The molecular formula is C17H16N2O. The molecule has 2 aliphatic rings. The lowest BCUT2D eigenvalue weighted by Crippen LogP contribution is -2.53. The Balaban J connectivity index is 1.90. The Labute approximate surface area is 118 Å². The SMILES string of the molecule is O[C@]1(c2ccccc2)Cc2ccccc2C2=NCCN21. The molecule has 3 nitrogen and oxygen atoms in total. The highest BCUT2D eigenvalue weighted by atomic mass is 16.3. The van der Waals surface area contributed by atoms with E-state index in [1.54, 1.807) is 0 Å². The Morgan fingerprint density at radius 1 is 1.00 bits per heavy atom. The Bertz CT molecular complexity index is 680. The highest BCUT2D eigenvalue weighted by Crippen LogP contribution is 2.38. The highest BCUT2D eigenvalue weighted by molar-refractivity contribution is 6.02. The zero-order valence-electron chi connectivity index (χ0n) is 11.2. The van der Waals surface area contributed by atoms with E-state index in [2.05, 4.69) is 17.1 Å². The van der Waals surface area contributed by atoms with Crippen LogP contribution in [-0.2, 0) is 12.1 Å². The molecule has 0 unspecified atom stereocenters. The monoisotopic (exact) mass is 264 g/mol. The van der Waals surface area contributed by atoms with Crippen molar-refractivity contribution in [2.45, 2.75) is 12.1 Å². The van der Waals surface area contributed by atoms with Crippen molar-refractivity contribution in [2.24, 2.45) is 4.99 Å². The van der Waals surface area contributed by atoms with Gasteiger partial charge in [0, 0.05) is 24.1 Å². The third-order valence-corrected chi connectivity index (χ3v) is 4.22. The quantitative estimate of drug-likeness (QED) is 0.856. The number of rotatable bonds is 1. The van der Waals surface area contributed by atoms with Crippen LogP contribution in [0.2, 0.25) is 0 Å². The van der Waals surface area contributed by atoms with Gasteiger partial charge in [-0.05, 0) is 5.56 Å². The third-order valence-electron chi connectivity index (χ3n) is 4.22. The molecule has 1 atom stereocenters. The van der Waals surface area contributed by atoms with Gasteiger partial charge in [-0.3, -0.25) is 4.99 Å². The van der Waals surface area contributed by atoms with Gasteiger partial charge in [-0.2, -0.15) is 0 Å². The molecule has 2 aliphatic heterocycles. The number of nitrogens with zero attached hydrogens (tertiary/aromatic N) is 2. The minimum absolute atomic E-state index is 0.603. The van der Waals surface area contributed by atoms with Crippen molar-refractivity contribution < 1.29 is 5.11 Å². The fourth-order valence-corrected chi connectivity index (χ4v) is 3.25. The summed E-state index contributed by atoms with van der Waals surface area (Å²) in [7, 11) is 0. The van der Waals surface area contributed by atoms with Crippen molar-refractivity contribution >= 4 is 5.84 Å². The maximum atomic E-state index is 11.3. The molecule has 0 fully saturated rings. The summed E-state index contributed by atoms with van der Waals surface area (Å²) >= 11 is 0. The first kappa shape index (κ1) is 11.7. The molecule has 0 bridgehead atoms. The molecule has 4 rings (SSSR count). The second kappa shape index (κ2) is 4.18. The van der Waals surface area contributed by atoms with Crippen LogP contribution in [0.4, 0.5) is 0 Å². The van der Waals surface area contributed by atoms with Gasteiger partial charge in [-0.15, -0.1) is 0 Å². The van der Waals surface area contributed by atoms with E-state index in [4.69, 9.17) is 0 Å². The lowest BCUT2D eigenvalue weighted by atomic mass is 9.86. The molecule has 2 aromatic rings. The van der Waals surface area contributed by atoms with Gasteiger partial charge >= 0.3 is 0 Å². The van der Waals surface area contributed by atoms with Crippen molar-refractivity contribution in [3.05, 3.63) is 71.3 Å². The first-order chi connectivity index (χ1) is 9.79. The number of hydrogen-bond donors (Lipinski definition) is 1. The molecule has 1 N–H and O–H groups in total. The molecule has 0 saturated heterocycles. The average Bonchev–Trinajstić information content (AvgIpc) is 2.99. The van der Waals surface area contributed by atoms with Crippen molar-refractivity contribution in [3.8, 4) is 0 Å². The smallest absolute Gasteiger partial charge is 0.169 e. The standard InChI is InChI=1S/C17H16N2O/c20-17(14-7-2-1-3-8-14)12-13-6-4-5-9-15(13)16-18-10-11-19(16)17/h1-9,20H,10-12H2/t17-/m0/s1. The van der Waals surface area contributed by atoms with Gasteiger partial charge in [-0.1, -0.05) is 54.6 Å². The highest BCUT2D eigenvalue weighted by Gasteiger charge is 2.44. The van der Waals surface area contributed by atoms with Crippen LogP contribution < -0.4 is 0 Å². The van der Waals surface area contributed by atoms with Crippen LogP contribution >= 0.6 is 0 Å². The molecule has 0 amide bonds. The van der Waals surface area contributed by atoms with E-state index in [-0.39, 0.29) is 0 Å². The van der Waals surface area contributed by atoms with Crippen LogP contribution in [0.5, 0.6) is 0 Å². The summed E-state index contributed by atoms with van der Waals surface area (Å²) in [4.78, 5) is 6.65. The zero-order valence-corrected chi connectivity index (χ0v) is 11.2. The fourth-order valence-electron chi connectivity index (χ4n) is 3.25. The molecule has 0 saturated carbocycles. The number of benzene rings is 2. The normalized spacial score (nSPS) is 24.1. The summed E-state index contributed by atoms with van der Waals surface area (Å²) in [5.74, 6) is 0.929. The van der Waals surface area contributed by atoms with Gasteiger partial charge in [-0.25, -0.2) is 0 Å². The van der Waals surface area contributed by atoms with E-state index in [9.17, 15) is 5.11 Å². The minimum Gasteiger partial charge on any atom is -0.366 e. The number of hydrogen-bond acceptors (Lipinski definition) is 3. The molecule has 0 aliphatic carbocycles. The van der Waals surface area contributed by atoms with E-state index in [1.807, 2.05) is 47.4 Å². The van der Waals surface area contributed by atoms with Gasteiger partial charge < -0.3 is 10.0 Å². The van der Waals surface area contributed by atoms with Gasteiger partial charge in [0.05, 0.1) is 6.54 Å². The molecule has 3 heteroatoms. The summed E-state index contributed by atoms with van der Waals surface area (Å²) in [6, 6.07) is 18.1. The van der Waals surface area contributed by atoms with Crippen LogP contribution in [-0.4, -0.2) is 28.9 Å². The molecule has 100 valence electrons. The summed E-state index contributed by atoms with van der Waals surface area (Å²) in [5.41, 5.74) is 2.27. The van der Waals surface area contributed by atoms with Crippen molar-refractivity contribution in [2.75, 3.05) is 13.1 Å². The van der Waals surface area contributed by atoms with Gasteiger partial charge in [0.1, 0.15) is 5.84 Å². The van der Waals surface area contributed by atoms with Crippen molar-refractivity contribution in [1.29, 1.82) is 0 Å². The third kappa shape index (κ3) is 1.53. The Morgan fingerprint density at radius 2 is 1.75 bits per heavy atom. The first-order valence-electron chi connectivity index (χ1n) is 6.97.